The van der Waals surface area contributed by atoms with Crippen LogP contribution in [0.25, 0.3) is 0 Å². The van der Waals surface area contributed by atoms with Gasteiger partial charge in [0.1, 0.15) is 0 Å². The first kappa shape index (κ1) is 27.1. The molecule has 5 fully saturated rings. The van der Waals surface area contributed by atoms with Crippen molar-refractivity contribution < 1.29 is 9.53 Å². The number of carbonyl (C=O) groups is 1. The second kappa shape index (κ2) is 9.01. The summed E-state index contributed by atoms with van der Waals surface area (Å²) in [6.07, 6.45) is 18.8. The van der Waals surface area contributed by atoms with E-state index in [1.54, 1.807) is 0 Å². The summed E-state index contributed by atoms with van der Waals surface area (Å²) in [7, 11) is 1.52. The molecule has 4 unspecified atom stereocenters. The molecule has 0 radical (unpaired) electrons. The lowest BCUT2D eigenvalue weighted by Crippen LogP contribution is -2.65. The first-order valence-corrected chi connectivity index (χ1v) is 15.9. The Morgan fingerprint density at radius 3 is 2.08 bits per heavy atom. The Kier molecular flexibility index (Phi) is 6.77. The standard InChI is InChI=1S/C34H58O2/c1-23(11-9-12-29(35)36-8)24-15-20-31(4)25(24)16-21-33(6)27(31)13-14-28-32(5)19-10-18-30(2,3)26(32)17-22-34(28,33)7/h23-28H,9-22H2,1-8H3/t23?,24-,25+,26?,27?,28?,31+,32+,33-,34-/m1/s1. The van der Waals surface area contributed by atoms with Crippen LogP contribution in [-0.2, 0) is 9.53 Å². The summed E-state index contributed by atoms with van der Waals surface area (Å²) in [5, 5.41) is 0. The molecule has 0 aromatic carbocycles. The molecule has 5 saturated carbocycles. The van der Waals surface area contributed by atoms with Gasteiger partial charge in [0, 0.05) is 6.42 Å². The number of hydrogen-bond donors (Lipinski definition) is 0. The molecule has 0 spiro atoms. The SMILES string of the molecule is COC(=O)CCCC(C)[C@H]1CC[C@]2(C)C3CCC4[C@@]5(C)CCCC(C)(C)C5CC[C@@]4(C)[C@]3(C)CC[C@@H]12. The van der Waals surface area contributed by atoms with E-state index in [-0.39, 0.29) is 5.97 Å². The Morgan fingerprint density at radius 1 is 0.778 bits per heavy atom. The van der Waals surface area contributed by atoms with Gasteiger partial charge in [0.05, 0.1) is 7.11 Å². The monoisotopic (exact) mass is 498 g/mol. The largest absolute Gasteiger partial charge is 0.469 e. The predicted octanol–water partition coefficient (Wildman–Crippen LogP) is 9.46. The highest BCUT2D eigenvalue weighted by molar-refractivity contribution is 5.68. The Labute approximate surface area is 223 Å². The van der Waals surface area contributed by atoms with Crippen molar-refractivity contribution in [3.63, 3.8) is 0 Å². The molecular weight excluding hydrogens is 440 g/mol. The molecule has 0 aromatic heterocycles. The molecule has 0 amide bonds. The van der Waals surface area contributed by atoms with Crippen LogP contribution in [0.1, 0.15) is 138 Å². The second-order valence-corrected chi connectivity index (χ2v) is 16.3. The minimum Gasteiger partial charge on any atom is -0.469 e. The van der Waals surface area contributed by atoms with Gasteiger partial charge >= 0.3 is 5.97 Å². The van der Waals surface area contributed by atoms with Crippen molar-refractivity contribution in [2.75, 3.05) is 7.11 Å². The van der Waals surface area contributed by atoms with E-state index in [4.69, 9.17) is 4.74 Å². The summed E-state index contributed by atoms with van der Waals surface area (Å²) in [5.74, 6) is 5.18. The molecule has 5 aliphatic rings. The number of ether oxygens (including phenoxy) is 1. The van der Waals surface area contributed by atoms with Crippen LogP contribution in [-0.4, -0.2) is 13.1 Å². The summed E-state index contributed by atoms with van der Waals surface area (Å²) < 4.78 is 4.89. The maximum Gasteiger partial charge on any atom is 0.305 e. The van der Waals surface area contributed by atoms with Crippen LogP contribution in [0.2, 0.25) is 0 Å². The number of methoxy groups -OCH3 is 1. The zero-order chi connectivity index (χ0) is 26.1. The van der Waals surface area contributed by atoms with Gasteiger partial charge in [-0.1, -0.05) is 54.9 Å². The van der Waals surface area contributed by atoms with Crippen molar-refractivity contribution in [3.8, 4) is 0 Å². The zero-order valence-corrected chi connectivity index (χ0v) is 25.2. The van der Waals surface area contributed by atoms with Gasteiger partial charge in [0.15, 0.2) is 0 Å². The third-order valence-electron chi connectivity index (χ3n) is 14.8. The minimum absolute atomic E-state index is 0.0401. The van der Waals surface area contributed by atoms with E-state index in [1.165, 1.54) is 84.2 Å². The Balaban J connectivity index is 1.37. The van der Waals surface area contributed by atoms with E-state index >= 15 is 0 Å². The van der Waals surface area contributed by atoms with E-state index in [0.717, 1.165) is 41.9 Å². The van der Waals surface area contributed by atoms with Crippen molar-refractivity contribution in [2.45, 2.75) is 138 Å². The Bertz CT molecular complexity index is 846. The molecule has 5 rings (SSSR count). The maximum atomic E-state index is 11.7. The Morgan fingerprint density at radius 2 is 1.42 bits per heavy atom. The highest BCUT2D eigenvalue weighted by atomic mass is 16.5. The molecule has 0 aliphatic heterocycles. The highest BCUT2D eigenvalue weighted by Crippen LogP contribution is 2.78. The van der Waals surface area contributed by atoms with Crippen LogP contribution < -0.4 is 0 Å². The van der Waals surface area contributed by atoms with E-state index in [0.29, 0.717) is 33.5 Å². The molecule has 36 heavy (non-hydrogen) atoms. The molecule has 0 heterocycles. The van der Waals surface area contributed by atoms with Gasteiger partial charge in [-0.3, -0.25) is 4.79 Å². The summed E-state index contributed by atoms with van der Waals surface area (Å²) in [4.78, 5) is 11.7. The molecule has 0 aromatic rings. The van der Waals surface area contributed by atoms with Gasteiger partial charge in [-0.25, -0.2) is 0 Å². The van der Waals surface area contributed by atoms with E-state index in [2.05, 4.69) is 48.5 Å². The summed E-state index contributed by atoms with van der Waals surface area (Å²) in [6.45, 7) is 18.8. The first-order valence-electron chi connectivity index (χ1n) is 15.9. The average molecular weight is 499 g/mol. The van der Waals surface area contributed by atoms with Crippen LogP contribution in [0.3, 0.4) is 0 Å². The van der Waals surface area contributed by atoms with Gasteiger partial charge in [0.2, 0.25) is 0 Å². The van der Waals surface area contributed by atoms with Gasteiger partial charge in [-0.2, -0.15) is 0 Å². The molecule has 0 N–H and O–H groups in total. The van der Waals surface area contributed by atoms with Gasteiger partial charge < -0.3 is 4.74 Å². The van der Waals surface area contributed by atoms with Crippen LogP contribution in [0.15, 0.2) is 0 Å². The van der Waals surface area contributed by atoms with Gasteiger partial charge in [0.25, 0.3) is 0 Å². The van der Waals surface area contributed by atoms with Crippen molar-refractivity contribution in [3.05, 3.63) is 0 Å². The lowest BCUT2D eigenvalue weighted by molar-refractivity contribution is -0.241. The van der Waals surface area contributed by atoms with E-state index in [1.807, 2.05) is 0 Å². The topological polar surface area (TPSA) is 26.3 Å². The quantitative estimate of drug-likeness (QED) is 0.353. The first-order chi connectivity index (χ1) is 16.8. The molecule has 0 bridgehead atoms. The third kappa shape index (κ3) is 3.71. The summed E-state index contributed by atoms with van der Waals surface area (Å²) in [6, 6.07) is 0. The third-order valence-corrected chi connectivity index (χ3v) is 14.8. The molecule has 0 saturated heterocycles. The number of rotatable bonds is 5. The van der Waals surface area contributed by atoms with E-state index in [9.17, 15) is 4.79 Å². The van der Waals surface area contributed by atoms with Crippen molar-refractivity contribution in [1.82, 2.24) is 0 Å². The molecular formula is C34H58O2. The van der Waals surface area contributed by atoms with Gasteiger partial charge in [-0.05, 0) is 140 Å². The molecule has 5 aliphatic carbocycles. The normalized spacial score (nSPS) is 50.3. The fourth-order valence-electron chi connectivity index (χ4n) is 12.9. The van der Waals surface area contributed by atoms with Crippen LogP contribution in [0.5, 0.6) is 0 Å². The lowest BCUT2D eigenvalue weighted by atomic mass is 9.32. The number of carbonyl (C=O) groups excluding carboxylic acids is 1. The lowest BCUT2D eigenvalue weighted by Gasteiger charge is -2.73. The molecule has 10 atom stereocenters. The van der Waals surface area contributed by atoms with Crippen molar-refractivity contribution >= 4 is 5.97 Å². The number of hydrogen-bond acceptors (Lipinski definition) is 2. The summed E-state index contributed by atoms with van der Waals surface area (Å²) in [5.41, 5.74) is 2.60. The predicted molar refractivity (Wildman–Crippen MR) is 149 cm³/mol. The average Bonchev–Trinajstić information content (AvgIpc) is 3.16. The fourth-order valence-corrected chi connectivity index (χ4v) is 12.9. The minimum atomic E-state index is -0.0401. The number of fused-ring (bicyclic) bond motifs is 7. The Hall–Kier alpha value is -0.530. The van der Waals surface area contributed by atoms with Crippen molar-refractivity contribution in [1.29, 1.82) is 0 Å². The smallest absolute Gasteiger partial charge is 0.305 e. The van der Waals surface area contributed by atoms with Crippen LogP contribution >= 0.6 is 0 Å². The van der Waals surface area contributed by atoms with Crippen LogP contribution in [0.4, 0.5) is 0 Å². The van der Waals surface area contributed by atoms with E-state index < -0.39 is 0 Å². The van der Waals surface area contributed by atoms with Crippen molar-refractivity contribution in [2.24, 2.45) is 62.6 Å². The second-order valence-electron chi connectivity index (χ2n) is 16.3. The molecule has 2 nitrogen and oxygen atoms in total. The van der Waals surface area contributed by atoms with Crippen LogP contribution in [0, 0.1) is 62.6 Å². The maximum absolute atomic E-state index is 11.7. The zero-order valence-electron chi connectivity index (χ0n) is 25.2. The molecule has 206 valence electrons. The van der Waals surface area contributed by atoms with Gasteiger partial charge in [-0.15, -0.1) is 0 Å². The summed E-state index contributed by atoms with van der Waals surface area (Å²) >= 11 is 0. The molecule has 2 heteroatoms. The number of esters is 1. The highest BCUT2D eigenvalue weighted by Gasteiger charge is 2.70. The fraction of sp³-hybridized carbons (Fsp3) is 0.971.